The number of hydrogen-bond acceptors (Lipinski definition) is 1. The van der Waals surface area contributed by atoms with Crippen LogP contribution in [0.15, 0.2) is 17.5 Å². The van der Waals surface area contributed by atoms with Gasteiger partial charge >= 0.3 is 0 Å². The molecule has 3 heteroatoms. The third-order valence-corrected chi connectivity index (χ3v) is 3.10. The van der Waals surface area contributed by atoms with Gasteiger partial charge in [0.1, 0.15) is 0 Å². The molecule has 0 unspecified atom stereocenters. The fourth-order valence-electron chi connectivity index (χ4n) is 0.937. The van der Waals surface area contributed by atoms with E-state index in [4.69, 9.17) is 23.2 Å². The predicted molar refractivity (Wildman–Crippen MR) is 50.7 cm³/mol. The second-order valence-corrected chi connectivity index (χ2v) is 3.82. The van der Waals surface area contributed by atoms with Crippen LogP contribution >= 0.6 is 34.5 Å². The Balaban J connectivity index is 2.96. The van der Waals surface area contributed by atoms with Crippen LogP contribution in [0.1, 0.15) is 0 Å². The first-order valence-corrected chi connectivity index (χ1v) is 4.65. The molecule has 11 heavy (non-hydrogen) atoms. The molecule has 0 fully saturated rings. The maximum Gasteiger partial charge on any atom is 0.0664 e. The molecule has 2 aromatic rings. The molecular weight excluding hydrogens is 199 g/mol. The standard InChI is InChI=1S/C8H3Cl2S/c9-6-1-2-7(10)8-5(6)3-4-11-8/h1,3-4H. The molecule has 1 aromatic carbocycles. The van der Waals surface area contributed by atoms with Crippen molar-refractivity contribution in [3.8, 4) is 0 Å². The number of rotatable bonds is 0. The highest BCUT2D eigenvalue weighted by molar-refractivity contribution is 7.18. The first-order valence-electron chi connectivity index (χ1n) is 3.02. The molecule has 55 valence electrons. The van der Waals surface area contributed by atoms with Crippen LogP contribution in [0.5, 0.6) is 0 Å². The Morgan fingerprint density at radius 1 is 1.36 bits per heavy atom. The lowest BCUT2D eigenvalue weighted by atomic mass is 10.3. The lowest BCUT2D eigenvalue weighted by molar-refractivity contribution is 1.82. The molecule has 0 bridgehead atoms. The minimum absolute atomic E-state index is 0.652. The largest absolute Gasteiger partial charge is 0.142 e. The number of benzene rings is 1. The monoisotopic (exact) mass is 201 g/mol. The van der Waals surface area contributed by atoms with Crippen molar-refractivity contribution in [3.05, 3.63) is 33.6 Å². The van der Waals surface area contributed by atoms with E-state index in [0.717, 1.165) is 10.1 Å². The van der Waals surface area contributed by atoms with Crippen molar-refractivity contribution in [3.63, 3.8) is 0 Å². The number of hydrogen-bond donors (Lipinski definition) is 0. The first kappa shape index (κ1) is 7.41. The molecule has 0 aliphatic rings. The summed E-state index contributed by atoms with van der Waals surface area (Å²) in [6.45, 7) is 0. The zero-order valence-corrected chi connectivity index (χ0v) is 7.72. The van der Waals surface area contributed by atoms with E-state index in [1.807, 2.05) is 11.4 Å². The maximum absolute atomic E-state index is 5.89. The maximum atomic E-state index is 5.89. The second-order valence-electron chi connectivity index (χ2n) is 2.11. The number of thiophene rings is 1. The summed E-state index contributed by atoms with van der Waals surface area (Å²) in [4.78, 5) is 0. The van der Waals surface area contributed by atoms with E-state index in [9.17, 15) is 0 Å². The zero-order chi connectivity index (χ0) is 7.84. The molecule has 1 heterocycles. The number of fused-ring (bicyclic) bond motifs is 1. The van der Waals surface area contributed by atoms with E-state index in [2.05, 4.69) is 6.07 Å². The van der Waals surface area contributed by atoms with Gasteiger partial charge in [0.2, 0.25) is 0 Å². The summed E-state index contributed by atoms with van der Waals surface area (Å²) in [7, 11) is 0. The van der Waals surface area contributed by atoms with E-state index in [1.54, 1.807) is 17.4 Å². The molecule has 0 spiro atoms. The van der Waals surface area contributed by atoms with Gasteiger partial charge in [0.25, 0.3) is 0 Å². The fourth-order valence-corrected chi connectivity index (χ4v) is 2.30. The van der Waals surface area contributed by atoms with Gasteiger partial charge in [-0.1, -0.05) is 23.2 Å². The van der Waals surface area contributed by atoms with E-state index in [-0.39, 0.29) is 0 Å². The molecule has 0 nitrogen and oxygen atoms in total. The van der Waals surface area contributed by atoms with E-state index < -0.39 is 0 Å². The highest BCUT2D eigenvalue weighted by Crippen LogP contribution is 2.32. The Morgan fingerprint density at radius 2 is 2.18 bits per heavy atom. The van der Waals surface area contributed by atoms with Gasteiger partial charge in [0.05, 0.1) is 9.72 Å². The molecule has 1 radical (unpaired) electrons. The fraction of sp³-hybridized carbons (Fsp3) is 0. The summed E-state index contributed by atoms with van der Waals surface area (Å²) < 4.78 is 1.01. The second kappa shape index (κ2) is 2.67. The Kier molecular flexibility index (Phi) is 1.80. The van der Waals surface area contributed by atoms with Gasteiger partial charge in [-0.05, 0) is 17.5 Å². The van der Waals surface area contributed by atoms with Crippen LogP contribution in [0.3, 0.4) is 0 Å². The molecule has 2 rings (SSSR count). The van der Waals surface area contributed by atoms with E-state index >= 15 is 0 Å². The van der Waals surface area contributed by atoms with Gasteiger partial charge in [-0.15, -0.1) is 11.3 Å². The Morgan fingerprint density at radius 3 is 2.91 bits per heavy atom. The summed E-state index contributed by atoms with van der Waals surface area (Å²) in [6, 6.07) is 6.53. The van der Waals surface area contributed by atoms with Crippen LogP contribution in [-0.2, 0) is 0 Å². The molecule has 1 aromatic heterocycles. The molecule has 0 N–H and O–H groups in total. The topological polar surface area (TPSA) is 0 Å². The van der Waals surface area contributed by atoms with Crippen molar-refractivity contribution in [2.24, 2.45) is 0 Å². The van der Waals surface area contributed by atoms with Crippen molar-refractivity contribution < 1.29 is 0 Å². The lowest BCUT2D eigenvalue weighted by Crippen LogP contribution is -1.67. The highest BCUT2D eigenvalue weighted by Gasteiger charge is 2.03. The SMILES string of the molecule is Clc1c[c]c(Cl)c2sccc12. The summed E-state index contributed by atoms with van der Waals surface area (Å²) in [6.07, 6.45) is 0. The van der Waals surface area contributed by atoms with Crippen LogP contribution in [0.25, 0.3) is 10.1 Å². The minimum Gasteiger partial charge on any atom is -0.142 e. The third kappa shape index (κ3) is 1.13. The average molecular weight is 202 g/mol. The molecule has 0 aliphatic heterocycles. The first-order chi connectivity index (χ1) is 5.29. The zero-order valence-electron chi connectivity index (χ0n) is 5.40. The van der Waals surface area contributed by atoms with Crippen molar-refractivity contribution in [1.29, 1.82) is 0 Å². The van der Waals surface area contributed by atoms with Crippen LogP contribution in [-0.4, -0.2) is 0 Å². The van der Waals surface area contributed by atoms with Crippen molar-refractivity contribution in [1.82, 2.24) is 0 Å². The molecular formula is C8H3Cl2S. The predicted octanol–water partition coefficient (Wildman–Crippen LogP) is 4.01. The quantitative estimate of drug-likeness (QED) is 0.605. The summed E-state index contributed by atoms with van der Waals surface area (Å²) in [5, 5.41) is 4.35. The summed E-state index contributed by atoms with van der Waals surface area (Å²) in [5.41, 5.74) is 0. The Labute approximate surface area is 78.4 Å². The van der Waals surface area contributed by atoms with Crippen LogP contribution in [0.4, 0.5) is 0 Å². The van der Waals surface area contributed by atoms with E-state index in [0.29, 0.717) is 10.0 Å². The highest BCUT2D eigenvalue weighted by atomic mass is 35.5. The van der Waals surface area contributed by atoms with E-state index in [1.165, 1.54) is 0 Å². The summed E-state index contributed by atoms with van der Waals surface area (Å²) in [5.74, 6) is 0. The molecule has 0 saturated carbocycles. The van der Waals surface area contributed by atoms with Gasteiger partial charge < -0.3 is 0 Å². The van der Waals surface area contributed by atoms with Crippen molar-refractivity contribution in [2.45, 2.75) is 0 Å². The molecule has 0 amide bonds. The van der Waals surface area contributed by atoms with Crippen LogP contribution in [0.2, 0.25) is 10.0 Å². The molecule has 0 saturated heterocycles. The smallest absolute Gasteiger partial charge is 0.0664 e. The van der Waals surface area contributed by atoms with Gasteiger partial charge in [-0.25, -0.2) is 0 Å². The van der Waals surface area contributed by atoms with Crippen molar-refractivity contribution in [2.75, 3.05) is 0 Å². The van der Waals surface area contributed by atoms with Gasteiger partial charge in [-0.2, -0.15) is 0 Å². The number of halogens is 2. The van der Waals surface area contributed by atoms with Gasteiger partial charge in [-0.3, -0.25) is 0 Å². The normalized spacial score (nSPS) is 10.7. The average Bonchev–Trinajstić information content (AvgIpc) is 2.45. The Hall–Kier alpha value is -0.240. The van der Waals surface area contributed by atoms with Crippen molar-refractivity contribution >= 4 is 44.6 Å². The lowest BCUT2D eigenvalue weighted by Gasteiger charge is -1.93. The molecule has 0 atom stereocenters. The van der Waals surface area contributed by atoms with Gasteiger partial charge in [0.15, 0.2) is 0 Å². The summed E-state index contributed by atoms with van der Waals surface area (Å²) >= 11 is 13.3. The Bertz CT molecular complexity index is 356. The van der Waals surface area contributed by atoms with Gasteiger partial charge in [0, 0.05) is 16.5 Å². The van der Waals surface area contributed by atoms with Crippen LogP contribution in [0, 0.1) is 6.07 Å². The van der Waals surface area contributed by atoms with Crippen LogP contribution < -0.4 is 0 Å². The minimum atomic E-state index is 0.652. The third-order valence-electron chi connectivity index (χ3n) is 1.45. The molecule has 0 aliphatic carbocycles.